The Morgan fingerprint density at radius 1 is 0.917 bits per heavy atom. The summed E-state index contributed by atoms with van der Waals surface area (Å²) in [5.74, 6) is 2.09. The molecule has 0 saturated heterocycles. The molecule has 0 bridgehead atoms. The first kappa shape index (κ1) is 24.8. The number of nitrogens with one attached hydrogen (secondary N) is 1. The number of para-hydroxylation sites is 1. The number of hydrazone groups is 1. The van der Waals surface area contributed by atoms with E-state index >= 15 is 0 Å². The minimum Gasteiger partial charge on any atom is -0.496 e. The molecule has 0 aliphatic carbocycles. The van der Waals surface area contributed by atoms with Crippen LogP contribution in [0.15, 0.2) is 83.1 Å². The van der Waals surface area contributed by atoms with Gasteiger partial charge in [0.05, 0.1) is 33.3 Å². The van der Waals surface area contributed by atoms with E-state index in [1.54, 1.807) is 33.5 Å². The van der Waals surface area contributed by atoms with E-state index in [1.165, 1.54) is 18.0 Å². The number of ether oxygens (including phenoxy) is 3. The van der Waals surface area contributed by atoms with Crippen molar-refractivity contribution in [2.75, 3.05) is 27.1 Å². The Morgan fingerprint density at radius 2 is 1.56 bits per heavy atom. The molecule has 1 N–H and O–H groups in total. The fraction of sp³-hybridized carbons (Fsp3) is 0.154. The summed E-state index contributed by atoms with van der Waals surface area (Å²) in [6, 6.07) is 23.0. The normalized spacial score (nSPS) is 10.9. The number of hydrogen-bond acceptors (Lipinski definition) is 8. The molecule has 1 aromatic heterocycles. The topological polar surface area (TPSA) is 99.9 Å². The van der Waals surface area contributed by atoms with Crippen molar-refractivity contribution in [3.63, 3.8) is 0 Å². The fourth-order valence-corrected chi connectivity index (χ4v) is 4.18. The van der Waals surface area contributed by atoms with Crippen LogP contribution in [0.25, 0.3) is 17.1 Å². The second-order valence-electron chi connectivity index (χ2n) is 7.37. The molecule has 0 atom stereocenters. The van der Waals surface area contributed by atoms with E-state index in [0.717, 1.165) is 11.3 Å². The Labute approximate surface area is 213 Å². The molecule has 0 saturated carbocycles. The maximum absolute atomic E-state index is 12.5. The number of rotatable bonds is 10. The third-order valence-electron chi connectivity index (χ3n) is 5.14. The summed E-state index contributed by atoms with van der Waals surface area (Å²) in [6.45, 7) is 0. The largest absolute Gasteiger partial charge is 0.496 e. The maximum atomic E-state index is 12.5. The molecule has 10 heteroatoms. The minimum atomic E-state index is -0.292. The SMILES string of the molecule is COc1cc(OC)c(OC)cc1/C=N/NC(=O)CSc1nnc(-c2ccccc2)n1-c1ccccc1. The van der Waals surface area contributed by atoms with Crippen molar-refractivity contribution < 1.29 is 19.0 Å². The Bertz CT molecular complexity index is 1340. The molecule has 36 heavy (non-hydrogen) atoms. The number of hydrogen-bond donors (Lipinski definition) is 1. The monoisotopic (exact) mass is 503 g/mol. The molecule has 0 spiro atoms. The van der Waals surface area contributed by atoms with Crippen LogP contribution in [0.4, 0.5) is 0 Å². The van der Waals surface area contributed by atoms with Gasteiger partial charge in [-0.3, -0.25) is 9.36 Å². The first-order valence-electron chi connectivity index (χ1n) is 11.0. The molecule has 184 valence electrons. The van der Waals surface area contributed by atoms with Crippen molar-refractivity contribution in [3.05, 3.63) is 78.4 Å². The highest BCUT2D eigenvalue weighted by molar-refractivity contribution is 7.99. The third-order valence-corrected chi connectivity index (χ3v) is 6.07. The molecule has 9 nitrogen and oxygen atoms in total. The summed E-state index contributed by atoms with van der Waals surface area (Å²) in [6.07, 6.45) is 1.49. The smallest absolute Gasteiger partial charge is 0.250 e. The van der Waals surface area contributed by atoms with Gasteiger partial charge in [0.1, 0.15) is 5.75 Å². The molecule has 3 aromatic carbocycles. The molecule has 0 radical (unpaired) electrons. The van der Waals surface area contributed by atoms with Gasteiger partial charge in [0.15, 0.2) is 22.5 Å². The lowest BCUT2D eigenvalue weighted by molar-refractivity contribution is -0.118. The average molecular weight is 504 g/mol. The van der Waals surface area contributed by atoms with E-state index in [1.807, 2.05) is 65.2 Å². The second kappa shape index (κ2) is 11.9. The summed E-state index contributed by atoms with van der Waals surface area (Å²) < 4.78 is 17.9. The van der Waals surface area contributed by atoms with Crippen molar-refractivity contribution in [1.82, 2.24) is 20.2 Å². The lowest BCUT2D eigenvalue weighted by Crippen LogP contribution is -2.20. The van der Waals surface area contributed by atoms with Gasteiger partial charge in [-0.1, -0.05) is 60.3 Å². The summed E-state index contributed by atoms with van der Waals surface area (Å²) in [4.78, 5) is 12.5. The molecule has 4 aromatic rings. The zero-order valence-electron chi connectivity index (χ0n) is 20.0. The molecule has 0 unspecified atom stereocenters. The molecule has 0 aliphatic heterocycles. The molecular formula is C26H25N5O4S. The number of nitrogens with zero attached hydrogens (tertiary/aromatic N) is 4. The second-order valence-corrected chi connectivity index (χ2v) is 8.32. The van der Waals surface area contributed by atoms with Gasteiger partial charge in [-0.2, -0.15) is 5.10 Å². The van der Waals surface area contributed by atoms with Gasteiger partial charge in [-0.25, -0.2) is 5.43 Å². The lowest BCUT2D eigenvalue weighted by atomic mass is 10.2. The number of amides is 1. The predicted molar refractivity (Wildman–Crippen MR) is 139 cm³/mol. The van der Waals surface area contributed by atoms with Crippen LogP contribution >= 0.6 is 11.8 Å². The molecule has 4 rings (SSSR count). The van der Waals surface area contributed by atoms with Crippen LogP contribution in [0.5, 0.6) is 17.2 Å². The van der Waals surface area contributed by atoms with Gasteiger partial charge in [-0.15, -0.1) is 10.2 Å². The number of benzene rings is 3. The van der Waals surface area contributed by atoms with Gasteiger partial charge >= 0.3 is 0 Å². The zero-order valence-corrected chi connectivity index (χ0v) is 20.9. The summed E-state index contributed by atoms with van der Waals surface area (Å²) in [5, 5.41) is 13.4. The standard InChI is InChI=1S/C26H25N5O4S/c1-33-21-15-23(35-3)22(34-2)14-19(21)16-27-28-24(32)17-36-26-30-29-25(18-10-6-4-7-11-18)31(26)20-12-8-5-9-13-20/h4-16H,17H2,1-3H3,(H,28,32)/b27-16+. The van der Waals surface area contributed by atoms with Gasteiger partial charge < -0.3 is 14.2 Å². The van der Waals surface area contributed by atoms with Crippen molar-refractivity contribution in [3.8, 4) is 34.3 Å². The Balaban J connectivity index is 1.47. The van der Waals surface area contributed by atoms with Gasteiger partial charge in [0, 0.05) is 22.9 Å². The molecule has 0 aliphatic rings. The van der Waals surface area contributed by atoms with Crippen LogP contribution in [0.2, 0.25) is 0 Å². The van der Waals surface area contributed by atoms with E-state index in [2.05, 4.69) is 20.7 Å². The highest BCUT2D eigenvalue weighted by atomic mass is 32.2. The highest BCUT2D eigenvalue weighted by Crippen LogP contribution is 2.33. The number of carbonyl (C=O) groups excluding carboxylic acids is 1. The van der Waals surface area contributed by atoms with Crippen LogP contribution in [0.1, 0.15) is 5.56 Å². The number of carbonyl (C=O) groups is 1. The molecule has 1 amide bonds. The fourth-order valence-electron chi connectivity index (χ4n) is 3.44. The third kappa shape index (κ3) is 5.66. The van der Waals surface area contributed by atoms with E-state index < -0.39 is 0 Å². The van der Waals surface area contributed by atoms with Gasteiger partial charge in [0.2, 0.25) is 0 Å². The van der Waals surface area contributed by atoms with E-state index in [9.17, 15) is 4.79 Å². The van der Waals surface area contributed by atoms with Crippen LogP contribution in [0, 0.1) is 0 Å². The van der Waals surface area contributed by atoms with Crippen LogP contribution in [-0.2, 0) is 4.79 Å². The van der Waals surface area contributed by atoms with Crippen LogP contribution in [0.3, 0.4) is 0 Å². The van der Waals surface area contributed by atoms with Crippen LogP contribution in [-0.4, -0.2) is 54.0 Å². The number of methoxy groups -OCH3 is 3. The minimum absolute atomic E-state index is 0.0974. The van der Waals surface area contributed by atoms with Gasteiger partial charge in [-0.05, 0) is 18.2 Å². The summed E-state index contributed by atoms with van der Waals surface area (Å²) >= 11 is 1.27. The van der Waals surface area contributed by atoms with E-state index in [4.69, 9.17) is 14.2 Å². The highest BCUT2D eigenvalue weighted by Gasteiger charge is 2.17. The Hall–Kier alpha value is -4.31. The number of thioether (sulfide) groups is 1. The van der Waals surface area contributed by atoms with E-state index in [-0.39, 0.29) is 11.7 Å². The van der Waals surface area contributed by atoms with Crippen molar-refractivity contribution in [1.29, 1.82) is 0 Å². The predicted octanol–water partition coefficient (Wildman–Crippen LogP) is 4.20. The molecule has 0 fully saturated rings. The zero-order chi connectivity index (χ0) is 25.3. The Morgan fingerprint density at radius 3 is 2.22 bits per heavy atom. The van der Waals surface area contributed by atoms with Crippen molar-refractivity contribution in [2.24, 2.45) is 5.10 Å². The summed E-state index contributed by atoms with van der Waals surface area (Å²) in [7, 11) is 4.63. The molecule has 1 heterocycles. The Kier molecular flexibility index (Phi) is 8.20. The lowest BCUT2D eigenvalue weighted by Gasteiger charge is -2.11. The van der Waals surface area contributed by atoms with Crippen LogP contribution < -0.4 is 19.6 Å². The summed E-state index contributed by atoms with van der Waals surface area (Å²) in [5.41, 5.74) is 5.00. The first-order chi connectivity index (χ1) is 17.6. The van der Waals surface area contributed by atoms with E-state index in [0.29, 0.717) is 33.8 Å². The maximum Gasteiger partial charge on any atom is 0.250 e. The van der Waals surface area contributed by atoms with Crippen molar-refractivity contribution in [2.45, 2.75) is 5.16 Å². The van der Waals surface area contributed by atoms with Crippen molar-refractivity contribution >= 4 is 23.9 Å². The first-order valence-corrected chi connectivity index (χ1v) is 11.9. The average Bonchev–Trinajstić information content (AvgIpc) is 3.36. The number of aromatic nitrogens is 3. The molecular weight excluding hydrogens is 478 g/mol. The quantitative estimate of drug-likeness (QED) is 0.197. The van der Waals surface area contributed by atoms with Gasteiger partial charge in [0.25, 0.3) is 5.91 Å².